The van der Waals surface area contributed by atoms with Crippen LogP contribution in [0.25, 0.3) is 0 Å². The van der Waals surface area contributed by atoms with Gasteiger partial charge in [-0.1, -0.05) is 33.6 Å². The topological polar surface area (TPSA) is 35.8 Å². The van der Waals surface area contributed by atoms with Crippen LogP contribution in [0.1, 0.15) is 52.0 Å². The average molecular weight is 274 g/mol. The molecule has 20 heavy (non-hydrogen) atoms. The number of nitrogens with zero attached hydrogens (tertiary/aromatic N) is 1. The van der Waals surface area contributed by atoms with Gasteiger partial charge in [-0.2, -0.15) is 5.26 Å². The van der Waals surface area contributed by atoms with E-state index in [-0.39, 0.29) is 11.2 Å². The lowest BCUT2D eigenvalue weighted by molar-refractivity contribution is 0.162. The highest BCUT2D eigenvalue weighted by Crippen LogP contribution is 2.39. The number of benzene rings is 1. The predicted octanol–water partition coefficient (Wildman–Crippen LogP) is 4.71. The zero-order chi connectivity index (χ0) is 14.8. The lowest BCUT2D eigenvalue weighted by atomic mass is 9.69. The van der Waals surface area contributed by atoms with Gasteiger partial charge in [0.2, 0.25) is 0 Å². The van der Waals surface area contributed by atoms with Gasteiger partial charge < -0.3 is 5.32 Å². The standard InChI is InChI=1S/C17H23FN2/c1-17(2,3)13-6-4-5-7-15(13)20-16-9-8-12(11-19)10-14(16)18/h8-10,13,15,20H,4-7H2,1-3H3. The van der Waals surface area contributed by atoms with Gasteiger partial charge in [0.05, 0.1) is 17.3 Å². The molecule has 108 valence electrons. The second-order valence-corrected chi connectivity index (χ2v) is 6.81. The molecule has 0 saturated heterocycles. The molecule has 1 fully saturated rings. The van der Waals surface area contributed by atoms with Crippen molar-refractivity contribution < 1.29 is 4.39 Å². The third-order valence-corrected chi connectivity index (χ3v) is 4.32. The van der Waals surface area contributed by atoms with E-state index in [9.17, 15) is 4.39 Å². The van der Waals surface area contributed by atoms with Gasteiger partial charge in [-0.05, 0) is 42.4 Å². The van der Waals surface area contributed by atoms with Crippen molar-refractivity contribution in [2.45, 2.75) is 52.5 Å². The molecule has 1 N–H and O–H groups in total. The number of hydrogen-bond acceptors (Lipinski definition) is 2. The van der Waals surface area contributed by atoms with E-state index < -0.39 is 0 Å². The highest BCUT2D eigenvalue weighted by molar-refractivity contribution is 5.49. The highest BCUT2D eigenvalue weighted by Gasteiger charge is 2.34. The van der Waals surface area contributed by atoms with E-state index in [0.717, 1.165) is 6.42 Å². The maximum atomic E-state index is 14.0. The summed E-state index contributed by atoms with van der Waals surface area (Å²) in [5.74, 6) is 0.216. The van der Waals surface area contributed by atoms with E-state index in [1.54, 1.807) is 12.1 Å². The molecule has 1 saturated carbocycles. The first-order chi connectivity index (χ1) is 9.41. The summed E-state index contributed by atoms with van der Waals surface area (Å²) in [6.07, 6.45) is 4.73. The highest BCUT2D eigenvalue weighted by atomic mass is 19.1. The molecule has 0 aliphatic heterocycles. The van der Waals surface area contributed by atoms with Crippen LogP contribution in [0, 0.1) is 28.5 Å². The molecule has 1 aromatic rings. The predicted molar refractivity (Wildman–Crippen MR) is 79.9 cm³/mol. The minimum absolute atomic E-state index is 0.223. The van der Waals surface area contributed by atoms with Crippen molar-refractivity contribution in [3.8, 4) is 6.07 Å². The summed E-state index contributed by atoms with van der Waals surface area (Å²) in [5.41, 5.74) is 1.11. The molecule has 2 atom stereocenters. The third kappa shape index (κ3) is 3.30. The third-order valence-electron chi connectivity index (χ3n) is 4.32. The quantitative estimate of drug-likeness (QED) is 0.847. The molecule has 0 radical (unpaired) electrons. The maximum absolute atomic E-state index is 14.0. The number of nitriles is 1. The van der Waals surface area contributed by atoms with Crippen LogP contribution < -0.4 is 5.32 Å². The minimum Gasteiger partial charge on any atom is -0.380 e. The van der Waals surface area contributed by atoms with E-state index in [1.165, 1.54) is 25.3 Å². The Labute approximate surface area is 121 Å². The van der Waals surface area contributed by atoms with E-state index in [2.05, 4.69) is 26.1 Å². The summed E-state index contributed by atoms with van der Waals surface area (Å²) in [6.45, 7) is 6.77. The summed E-state index contributed by atoms with van der Waals surface area (Å²) in [5, 5.41) is 12.2. The molecule has 2 unspecified atom stereocenters. The van der Waals surface area contributed by atoms with Crippen LogP contribution in [-0.4, -0.2) is 6.04 Å². The van der Waals surface area contributed by atoms with Gasteiger partial charge in [0.1, 0.15) is 5.82 Å². The Morgan fingerprint density at radius 1 is 1.25 bits per heavy atom. The molecule has 1 aromatic carbocycles. The Morgan fingerprint density at radius 2 is 1.95 bits per heavy atom. The molecular weight excluding hydrogens is 251 g/mol. The molecule has 1 aliphatic carbocycles. The van der Waals surface area contributed by atoms with Gasteiger partial charge in [-0.3, -0.25) is 0 Å². The van der Waals surface area contributed by atoms with Crippen LogP contribution in [-0.2, 0) is 0 Å². The van der Waals surface area contributed by atoms with Crippen LogP contribution in [0.2, 0.25) is 0 Å². The van der Waals surface area contributed by atoms with Crippen LogP contribution in [0.15, 0.2) is 18.2 Å². The number of halogens is 1. The number of nitrogens with one attached hydrogen (secondary N) is 1. The van der Waals surface area contributed by atoms with E-state index >= 15 is 0 Å². The molecule has 0 amide bonds. The van der Waals surface area contributed by atoms with Crippen LogP contribution in [0.5, 0.6) is 0 Å². The fourth-order valence-corrected chi connectivity index (χ4v) is 3.24. The average Bonchev–Trinajstić information content (AvgIpc) is 2.40. The summed E-state index contributed by atoms with van der Waals surface area (Å²) in [4.78, 5) is 0. The second-order valence-electron chi connectivity index (χ2n) is 6.81. The molecule has 3 heteroatoms. The molecule has 2 rings (SSSR count). The Hall–Kier alpha value is -1.56. The van der Waals surface area contributed by atoms with Crippen molar-refractivity contribution in [1.29, 1.82) is 5.26 Å². The van der Waals surface area contributed by atoms with Gasteiger partial charge in [0.25, 0.3) is 0 Å². The van der Waals surface area contributed by atoms with Crippen molar-refractivity contribution in [2.24, 2.45) is 11.3 Å². The fourth-order valence-electron chi connectivity index (χ4n) is 3.24. The molecule has 0 aromatic heterocycles. The van der Waals surface area contributed by atoms with Crippen molar-refractivity contribution >= 4 is 5.69 Å². The zero-order valence-corrected chi connectivity index (χ0v) is 12.5. The normalized spacial score (nSPS) is 23.1. The number of anilines is 1. The van der Waals surface area contributed by atoms with Crippen LogP contribution in [0.3, 0.4) is 0 Å². The van der Waals surface area contributed by atoms with Gasteiger partial charge in [0, 0.05) is 6.04 Å². The number of hydrogen-bond donors (Lipinski definition) is 1. The largest absolute Gasteiger partial charge is 0.380 e. The lowest BCUT2D eigenvalue weighted by Gasteiger charge is -2.41. The Bertz CT molecular complexity index is 511. The Kier molecular flexibility index (Phi) is 4.32. The summed E-state index contributed by atoms with van der Waals surface area (Å²) in [7, 11) is 0. The van der Waals surface area contributed by atoms with E-state index in [0.29, 0.717) is 23.2 Å². The van der Waals surface area contributed by atoms with Crippen LogP contribution >= 0.6 is 0 Å². The molecule has 0 heterocycles. The number of rotatable bonds is 2. The monoisotopic (exact) mass is 274 g/mol. The molecular formula is C17H23FN2. The fraction of sp³-hybridized carbons (Fsp3) is 0.588. The molecule has 2 nitrogen and oxygen atoms in total. The first kappa shape index (κ1) is 14.8. The summed E-state index contributed by atoms with van der Waals surface area (Å²) < 4.78 is 14.0. The minimum atomic E-state index is -0.331. The first-order valence-electron chi connectivity index (χ1n) is 7.38. The molecule has 1 aliphatic rings. The Balaban J connectivity index is 2.17. The van der Waals surface area contributed by atoms with Gasteiger partial charge in [0.15, 0.2) is 0 Å². The molecule has 0 spiro atoms. The smallest absolute Gasteiger partial charge is 0.147 e. The summed E-state index contributed by atoms with van der Waals surface area (Å²) in [6, 6.07) is 6.93. The van der Waals surface area contributed by atoms with Crippen molar-refractivity contribution in [2.75, 3.05) is 5.32 Å². The van der Waals surface area contributed by atoms with Gasteiger partial charge >= 0.3 is 0 Å². The van der Waals surface area contributed by atoms with Crippen molar-refractivity contribution in [3.63, 3.8) is 0 Å². The SMILES string of the molecule is CC(C)(C)C1CCCCC1Nc1ccc(C#N)cc1F. The van der Waals surface area contributed by atoms with Gasteiger partial charge in [-0.25, -0.2) is 4.39 Å². The van der Waals surface area contributed by atoms with Crippen LogP contribution in [0.4, 0.5) is 10.1 Å². The second kappa shape index (κ2) is 5.83. The Morgan fingerprint density at radius 3 is 2.55 bits per heavy atom. The molecule has 0 bridgehead atoms. The zero-order valence-electron chi connectivity index (χ0n) is 12.5. The van der Waals surface area contributed by atoms with Crippen molar-refractivity contribution in [3.05, 3.63) is 29.6 Å². The lowest BCUT2D eigenvalue weighted by Crippen LogP contribution is -2.40. The first-order valence-corrected chi connectivity index (χ1v) is 7.38. The maximum Gasteiger partial charge on any atom is 0.147 e. The van der Waals surface area contributed by atoms with Crippen molar-refractivity contribution in [1.82, 2.24) is 0 Å². The van der Waals surface area contributed by atoms with E-state index in [4.69, 9.17) is 5.26 Å². The summed E-state index contributed by atoms with van der Waals surface area (Å²) >= 11 is 0. The van der Waals surface area contributed by atoms with Gasteiger partial charge in [-0.15, -0.1) is 0 Å². The van der Waals surface area contributed by atoms with E-state index in [1.807, 2.05) is 6.07 Å².